The molecule has 1 aliphatic rings. The fraction of sp³-hybridized carbons (Fsp3) is 0.258. The van der Waals surface area contributed by atoms with Crippen LogP contribution in [-0.2, 0) is 99.4 Å². The number of aromatic nitrogens is 3. The monoisotopic (exact) mass is 2030 g/mol. The molecule has 9 aromatic carbocycles. The average Bonchev–Trinajstić information content (AvgIpc) is 1.58. The molecule has 111 heavy (non-hydrogen) atoms. The van der Waals surface area contributed by atoms with Crippen LogP contribution in [0, 0.1) is 77.5 Å². The first-order chi connectivity index (χ1) is 51.3. The number of para-hydroxylation sites is 1. The molecule has 0 atom stereocenters. The third-order valence-corrected chi connectivity index (χ3v) is 19.7. The number of hydrogen-bond acceptors (Lipinski definition) is 11. The van der Waals surface area contributed by atoms with Crippen LogP contribution in [0.15, 0.2) is 204 Å². The van der Waals surface area contributed by atoms with Crippen molar-refractivity contribution in [1.29, 1.82) is 0 Å². The second-order valence-electron chi connectivity index (χ2n) is 30.3. The first kappa shape index (κ1) is 89.0. The number of carbonyl (C=O) groups excluding carboxylic acids is 3. The Morgan fingerprint density at radius 2 is 0.865 bits per heavy atom. The van der Waals surface area contributed by atoms with Crippen molar-refractivity contribution in [1.82, 2.24) is 15.0 Å². The largest absolute Gasteiger partial charge is 0.515 e. The van der Waals surface area contributed by atoms with Gasteiger partial charge in [-0.3, -0.25) is 29.3 Å². The Bertz CT molecular complexity index is 5510. The molecule has 0 saturated heterocycles. The summed E-state index contributed by atoms with van der Waals surface area (Å²) in [6.45, 7) is 36.8. The number of pyridine rings is 3. The van der Waals surface area contributed by atoms with E-state index in [-0.39, 0.29) is 88.8 Å². The van der Waals surface area contributed by atoms with Crippen LogP contribution in [0.3, 0.4) is 0 Å². The van der Waals surface area contributed by atoms with E-state index in [0.717, 1.165) is 114 Å². The number of furan rings is 1. The molecule has 0 spiro atoms. The van der Waals surface area contributed by atoms with E-state index in [1.807, 2.05) is 23.5 Å². The number of benzene rings is 9. The molecule has 0 fully saturated rings. The standard InChI is InChI=1S/C30H30N.C27H24NO.C27H24NS.2C5H8O2.C3H4O2.3Ir/c1-18(2)11-21-15-28(22-13-19(3)12-20(4)14-22)31-29-17-27-25(16-24(21)29)23-9-7-8-10-26(23)30(27,5)6;2*1-16(2)9-19-13-24(20-11-17(3)10-18(4)12-20)28-25-15-27-23(14-22(19)25)21-7-5-6-8-26(21)29-27;2*1-4(6)3-5(2)7;4-2-1-3-5;;;/h7-10,12-13,15-18H,11H2,1-6H3;2*5-8,10-11,13-16H,9H2,1-4H3;2*3,6H,1-2H3;1-4H;;;/q3*-1;;;;;;. The summed E-state index contributed by atoms with van der Waals surface area (Å²) in [7, 11) is 0. The van der Waals surface area contributed by atoms with Gasteiger partial charge >= 0.3 is 0 Å². The normalized spacial score (nSPS) is 12.0. The molecule has 14 aromatic rings. The van der Waals surface area contributed by atoms with Crippen molar-refractivity contribution in [2.45, 2.75) is 149 Å². The zero-order chi connectivity index (χ0) is 78.0. The van der Waals surface area contributed by atoms with Crippen molar-refractivity contribution in [2.24, 2.45) is 17.8 Å². The molecule has 0 bridgehead atoms. The SMILES string of the molecule is CC(=O)C=C(C)O.CC(=O)C=C(C)O.Cc1[c-]c(-c2cc(CC(C)C)c3cc4c(cc3n2)C(C)(C)c2ccccc2-4)cc(C)c1.Cc1[c-]c(-c2cc(CC(C)C)c3cc4c(cc3n2)oc2ccccc24)cc(C)c1.Cc1[c-]c(-c2cc(CC(C)C)c3cc4c(cc3n2)sc2ccccc24)cc(C)c1.O=CC=CO.[Ir].[Ir].[Ir]. The van der Waals surface area contributed by atoms with Crippen LogP contribution in [0.1, 0.15) is 144 Å². The van der Waals surface area contributed by atoms with Gasteiger partial charge in [-0.05, 0) is 163 Å². The van der Waals surface area contributed by atoms with Crippen LogP contribution in [0.5, 0.6) is 0 Å². The maximum atomic E-state index is 10.0. The van der Waals surface area contributed by atoms with Gasteiger partial charge < -0.3 is 19.7 Å². The fourth-order valence-electron chi connectivity index (χ4n) is 14.5. The molecule has 0 saturated carbocycles. The summed E-state index contributed by atoms with van der Waals surface area (Å²) in [5, 5.41) is 33.2. The topological polar surface area (TPSA) is 164 Å². The Labute approximate surface area is 698 Å². The van der Waals surface area contributed by atoms with Gasteiger partial charge in [0.15, 0.2) is 11.6 Å². The maximum Gasteiger partial charge on any atom is 0.155 e. The van der Waals surface area contributed by atoms with Gasteiger partial charge in [-0.1, -0.05) is 176 Å². The van der Waals surface area contributed by atoms with Gasteiger partial charge in [0.1, 0.15) is 17.5 Å². The number of hydrogen-bond donors (Lipinski definition) is 3. The molecule has 3 N–H and O–H groups in total. The smallest absolute Gasteiger partial charge is 0.155 e. The summed E-state index contributed by atoms with van der Waals surface area (Å²) in [6, 6.07) is 69.9. The van der Waals surface area contributed by atoms with E-state index in [0.29, 0.717) is 30.3 Å². The Morgan fingerprint density at radius 3 is 1.29 bits per heavy atom. The van der Waals surface area contributed by atoms with Crippen molar-refractivity contribution in [3.63, 3.8) is 0 Å². The zero-order valence-corrected chi connectivity index (χ0v) is 74.6. The Morgan fingerprint density at radius 1 is 0.450 bits per heavy atom. The number of fused-ring (bicyclic) bond motifs is 12. The molecule has 15 rings (SSSR count). The Kier molecular flexibility index (Phi) is 31.5. The van der Waals surface area contributed by atoms with E-state index in [2.05, 4.69) is 267 Å². The van der Waals surface area contributed by atoms with E-state index in [1.54, 1.807) is 0 Å². The molecular weight excluding hydrogens is 1930 g/mol. The molecule has 3 radical (unpaired) electrons. The van der Waals surface area contributed by atoms with E-state index >= 15 is 0 Å². The second kappa shape index (κ2) is 39.3. The van der Waals surface area contributed by atoms with Crippen LogP contribution >= 0.6 is 11.3 Å². The number of aliphatic hydroxyl groups excluding tert-OH is 3. The van der Waals surface area contributed by atoms with Gasteiger partial charge in [-0.25, -0.2) is 0 Å². The number of aldehydes is 1. The minimum absolute atomic E-state index is 0. The first-order valence-corrected chi connectivity index (χ1v) is 37.8. The van der Waals surface area contributed by atoms with Crippen LogP contribution in [-0.4, -0.2) is 48.1 Å². The minimum atomic E-state index is -0.125. The Hall–Kier alpha value is -9.19. The zero-order valence-electron chi connectivity index (χ0n) is 66.6. The number of aryl methyl sites for hydroxylation is 6. The van der Waals surface area contributed by atoms with Gasteiger partial charge in [-0.15, -0.1) is 116 Å². The molecule has 579 valence electrons. The maximum absolute atomic E-state index is 10.0. The van der Waals surface area contributed by atoms with Gasteiger partial charge in [0.2, 0.25) is 0 Å². The molecular formula is C97H98Ir3N3O7S-3. The summed E-state index contributed by atoms with van der Waals surface area (Å²) >= 11 is 1.86. The predicted molar refractivity (Wildman–Crippen MR) is 452 cm³/mol. The van der Waals surface area contributed by atoms with E-state index in [4.69, 9.17) is 39.5 Å². The summed E-state index contributed by atoms with van der Waals surface area (Å²) in [6.07, 6.45) is 7.62. The third-order valence-electron chi connectivity index (χ3n) is 18.5. The van der Waals surface area contributed by atoms with Crippen LogP contribution in [0.4, 0.5) is 0 Å². The van der Waals surface area contributed by atoms with Gasteiger partial charge in [0, 0.05) is 137 Å². The summed E-state index contributed by atoms with van der Waals surface area (Å²) in [4.78, 5) is 44.5. The van der Waals surface area contributed by atoms with Crippen LogP contribution in [0.25, 0.3) is 120 Å². The molecule has 14 heteroatoms. The number of aliphatic hydroxyl groups is 3. The predicted octanol–water partition coefficient (Wildman–Crippen LogP) is 25.4. The van der Waals surface area contributed by atoms with Crippen LogP contribution in [0.2, 0.25) is 0 Å². The van der Waals surface area contributed by atoms with E-state index in [9.17, 15) is 9.59 Å². The molecule has 1 aliphatic carbocycles. The average molecular weight is 2030 g/mol. The molecule has 0 amide bonds. The van der Waals surface area contributed by atoms with Gasteiger partial charge in [-0.2, -0.15) is 0 Å². The number of carbonyl (C=O) groups is 3. The van der Waals surface area contributed by atoms with Crippen molar-refractivity contribution in [3.8, 4) is 44.9 Å². The van der Waals surface area contributed by atoms with Crippen molar-refractivity contribution in [3.05, 3.63) is 279 Å². The number of allylic oxidation sites excluding steroid dienone is 5. The quantitative estimate of drug-likeness (QED) is 0.0464. The van der Waals surface area contributed by atoms with Crippen molar-refractivity contribution < 1.29 is 94.4 Å². The summed E-state index contributed by atoms with van der Waals surface area (Å²) < 4.78 is 8.77. The van der Waals surface area contributed by atoms with Crippen molar-refractivity contribution in [2.75, 3.05) is 0 Å². The van der Waals surface area contributed by atoms with Crippen LogP contribution < -0.4 is 0 Å². The molecule has 0 unspecified atom stereocenters. The number of rotatable bonds is 12. The van der Waals surface area contributed by atoms with Gasteiger partial charge in [0.25, 0.3) is 0 Å². The number of thiophene rings is 1. The number of ketones is 2. The molecule has 5 aromatic heterocycles. The molecule has 0 aliphatic heterocycles. The van der Waals surface area contributed by atoms with Gasteiger partial charge in [0.05, 0.1) is 34.3 Å². The fourth-order valence-corrected chi connectivity index (χ4v) is 15.6. The Balaban J connectivity index is 0.000000204. The minimum Gasteiger partial charge on any atom is -0.515 e. The summed E-state index contributed by atoms with van der Waals surface area (Å²) in [5.74, 6) is 1.61. The summed E-state index contributed by atoms with van der Waals surface area (Å²) in [5.41, 5.74) is 28.1. The molecule has 10 nitrogen and oxygen atoms in total. The first-order valence-electron chi connectivity index (χ1n) is 37.0. The second-order valence-corrected chi connectivity index (χ2v) is 31.4. The molecule has 5 heterocycles. The van der Waals surface area contributed by atoms with Crippen molar-refractivity contribution >= 4 is 104 Å². The third kappa shape index (κ3) is 22.4. The van der Waals surface area contributed by atoms with E-state index < -0.39 is 0 Å². The van der Waals surface area contributed by atoms with E-state index in [1.165, 1.54) is 132 Å². The number of nitrogens with zero attached hydrogens (tertiary/aromatic N) is 3.